The SMILES string of the molecule is COc1cc(OC)cc(OCC(=O)N[C@H](C)COc2ccc(C)cc2)c1. The summed E-state index contributed by atoms with van der Waals surface area (Å²) in [6.07, 6.45) is 0. The second-order valence-electron chi connectivity index (χ2n) is 5.93. The first kappa shape index (κ1) is 19.4. The van der Waals surface area contributed by atoms with Crippen molar-refractivity contribution in [2.75, 3.05) is 27.4 Å². The van der Waals surface area contributed by atoms with E-state index < -0.39 is 0 Å². The zero-order valence-corrected chi connectivity index (χ0v) is 15.6. The predicted octanol–water partition coefficient (Wildman–Crippen LogP) is 2.97. The van der Waals surface area contributed by atoms with Crippen LogP contribution in [0.4, 0.5) is 0 Å². The summed E-state index contributed by atoms with van der Waals surface area (Å²) < 4.78 is 21.5. The molecule has 0 aliphatic heterocycles. The van der Waals surface area contributed by atoms with Crippen LogP contribution < -0.4 is 24.3 Å². The van der Waals surface area contributed by atoms with Gasteiger partial charge in [-0.15, -0.1) is 0 Å². The third kappa shape index (κ3) is 6.20. The van der Waals surface area contributed by atoms with Crippen molar-refractivity contribution in [1.82, 2.24) is 5.32 Å². The Morgan fingerprint density at radius 3 is 2.08 bits per heavy atom. The Kier molecular flexibility index (Phi) is 7.14. The molecule has 0 aliphatic carbocycles. The quantitative estimate of drug-likeness (QED) is 0.746. The molecule has 1 N–H and O–H groups in total. The van der Waals surface area contributed by atoms with E-state index in [9.17, 15) is 4.79 Å². The molecule has 26 heavy (non-hydrogen) atoms. The van der Waals surface area contributed by atoms with Crippen molar-refractivity contribution in [2.45, 2.75) is 19.9 Å². The fourth-order valence-electron chi connectivity index (χ4n) is 2.23. The summed E-state index contributed by atoms with van der Waals surface area (Å²) in [6.45, 7) is 4.16. The van der Waals surface area contributed by atoms with Crippen molar-refractivity contribution in [3.05, 3.63) is 48.0 Å². The van der Waals surface area contributed by atoms with Crippen LogP contribution in [0.25, 0.3) is 0 Å². The van der Waals surface area contributed by atoms with Gasteiger partial charge in [-0.2, -0.15) is 0 Å². The number of carbonyl (C=O) groups is 1. The zero-order valence-electron chi connectivity index (χ0n) is 15.6. The highest BCUT2D eigenvalue weighted by atomic mass is 16.5. The number of hydrogen-bond acceptors (Lipinski definition) is 5. The molecule has 2 rings (SSSR count). The molecule has 0 heterocycles. The Morgan fingerprint density at radius 2 is 1.50 bits per heavy atom. The van der Waals surface area contributed by atoms with Crippen LogP contribution in [0, 0.1) is 6.92 Å². The van der Waals surface area contributed by atoms with Crippen LogP contribution in [0.1, 0.15) is 12.5 Å². The summed E-state index contributed by atoms with van der Waals surface area (Å²) in [6, 6.07) is 12.7. The van der Waals surface area contributed by atoms with Crippen LogP contribution >= 0.6 is 0 Å². The van der Waals surface area contributed by atoms with E-state index in [1.54, 1.807) is 32.4 Å². The third-order valence-corrected chi connectivity index (χ3v) is 3.62. The maximum Gasteiger partial charge on any atom is 0.258 e. The summed E-state index contributed by atoms with van der Waals surface area (Å²) in [5.41, 5.74) is 1.17. The van der Waals surface area contributed by atoms with Gasteiger partial charge in [-0.25, -0.2) is 0 Å². The lowest BCUT2D eigenvalue weighted by molar-refractivity contribution is -0.123. The van der Waals surface area contributed by atoms with Crippen molar-refractivity contribution in [2.24, 2.45) is 0 Å². The standard InChI is InChI=1S/C20H25NO5/c1-14-5-7-16(8-6-14)25-12-15(2)21-20(22)13-26-19-10-17(23-3)9-18(11-19)24-4/h5-11,15H,12-13H2,1-4H3,(H,21,22)/t15-/m1/s1. The Morgan fingerprint density at radius 1 is 0.923 bits per heavy atom. The number of carbonyl (C=O) groups excluding carboxylic acids is 1. The van der Waals surface area contributed by atoms with Crippen LogP contribution in [-0.4, -0.2) is 39.4 Å². The van der Waals surface area contributed by atoms with Crippen LogP contribution in [0.3, 0.4) is 0 Å². The minimum Gasteiger partial charge on any atom is -0.496 e. The highest BCUT2D eigenvalue weighted by Crippen LogP contribution is 2.27. The number of ether oxygens (including phenoxy) is 4. The van der Waals surface area contributed by atoms with Gasteiger partial charge in [-0.3, -0.25) is 4.79 Å². The van der Waals surface area contributed by atoms with E-state index in [0.29, 0.717) is 23.9 Å². The Bertz CT molecular complexity index is 692. The van der Waals surface area contributed by atoms with E-state index in [1.165, 1.54) is 5.56 Å². The molecule has 6 nitrogen and oxygen atoms in total. The monoisotopic (exact) mass is 359 g/mol. The average molecular weight is 359 g/mol. The van der Waals surface area contributed by atoms with Gasteiger partial charge in [-0.1, -0.05) is 17.7 Å². The molecule has 0 fully saturated rings. The highest BCUT2D eigenvalue weighted by molar-refractivity contribution is 5.77. The van der Waals surface area contributed by atoms with E-state index in [0.717, 1.165) is 5.75 Å². The van der Waals surface area contributed by atoms with Gasteiger partial charge >= 0.3 is 0 Å². The topological polar surface area (TPSA) is 66.0 Å². The largest absolute Gasteiger partial charge is 0.496 e. The molecule has 0 aliphatic rings. The first-order valence-electron chi connectivity index (χ1n) is 8.35. The lowest BCUT2D eigenvalue weighted by Crippen LogP contribution is -2.39. The van der Waals surface area contributed by atoms with Gasteiger partial charge in [0.25, 0.3) is 5.91 Å². The molecule has 0 saturated carbocycles. The fraction of sp³-hybridized carbons (Fsp3) is 0.350. The summed E-state index contributed by atoms with van der Waals surface area (Å²) in [5, 5.41) is 2.84. The second kappa shape index (κ2) is 9.56. The molecule has 1 atom stereocenters. The van der Waals surface area contributed by atoms with Gasteiger partial charge < -0.3 is 24.3 Å². The first-order valence-corrected chi connectivity index (χ1v) is 8.35. The average Bonchev–Trinajstić information content (AvgIpc) is 2.65. The van der Waals surface area contributed by atoms with Crippen LogP contribution in [-0.2, 0) is 4.79 Å². The molecule has 0 radical (unpaired) electrons. The van der Waals surface area contributed by atoms with Crippen molar-refractivity contribution < 1.29 is 23.7 Å². The van der Waals surface area contributed by atoms with Crippen LogP contribution in [0.5, 0.6) is 23.0 Å². The van der Waals surface area contributed by atoms with Crippen molar-refractivity contribution in [3.8, 4) is 23.0 Å². The first-order chi connectivity index (χ1) is 12.5. The number of nitrogens with one attached hydrogen (secondary N) is 1. The van der Waals surface area contributed by atoms with E-state index in [4.69, 9.17) is 18.9 Å². The molecule has 0 bridgehead atoms. The van der Waals surface area contributed by atoms with Crippen molar-refractivity contribution in [3.63, 3.8) is 0 Å². The van der Waals surface area contributed by atoms with E-state index >= 15 is 0 Å². The predicted molar refractivity (Wildman–Crippen MR) is 99.3 cm³/mol. The molecular formula is C20H25NO5. The van der Waals surface area contributed by atoms with Crippen molar-refractivity contribution >= 4 is 5.91 Å². The van der Waals surface area contributed by atoms with Gasteiger partial charge in [0.15, 0.2) is 6.61 Å². The smallest absolute Gasteiger partial charge is 0.258 e. The fourth-order valence-corrected chi connectivity index (χ4v) is 2.23. The number of aryl methyl sites for hydroxylation is 1. The lowest BCUT2D eigenvalue weighted by Gasteiger charge is -2.16. The maximum absolute atomic E-state index is 12.0. The van der Waals surface area contributed by atoms with Crippen LogP contribution in [0.15, 0.2) is 42.5 Å². The molecule has 2 aromatic carbocycles. The lowest BCUT2D eigenvalue weighted by atomic mass is 10.2. The summed E-state index contributed by atoms with van der Waals surface area (Å²) in [7, 11) is 3.11. The van der Waals surface area contributed by atoms with E-state index in [2.05, 4.69) is 5.32 Å². The Labute approximate surface area is 154 Å². The zero-order chi connectivity index (χ0) is 18.9. The normalized spacial score (nSPS) is 11.4. The minimum atomic E-state index is -0.230. The van der Waals surface area contributed by atoms with Gasteiger partial charge in [-0.05, 0) is 26.0 Å². The third-order valence-electron chi connectivity index (χ3n) is 3.62. The molecular weight excluding hydrogens is 334 g/mol. The molecule has 0 aromatic heterocycles. The molecule has 1 amide bonds. The molecule has 140 valence electrons. The molecule has 0 unspecified atom stereocenters. The molecule has 6 heteroatoms. The van der Waals surface area contributed by atoms with Gasteiger partial charge in [0.05, 0.1) is 20.3 Å². The summed E-state index contributed by atoms with van der Waals surface area (Å²) in [5.74, 6) is 2.24. The van der Waals surface area contributed by atoms with E-state index in [-0.39, 0.29) is 18.6 Å². The number of amides is 1. The van der Waals surface area contributed by atoms with Gasteiger partial charge in [0, 0.05) is 18.2 Å². The number of rotatable bonds is 9. The summed E-state index contributed by atoms with van der Waals surface area (Å²) >= 11 is 0. The second-order valence-corrected chi connectivity index (χ2v) is 5.93. The number of hydrogen-bond donors (Lipinski definition) is 1. The van der Waals surface area contributed by atoms with Gasteiger partial charge in [0.2, 0.25) is 0 Å². The molecule has 0 spiro atoms. The maximum atomic E-state index is 12.0. The van der Waals surface area contributed by atoms with Crippen molar-refractivity contribution in [1.29, 1.82) is 0 Å². The highest BCUT2D eigenvalue weighted by Gasteiger charge is 2.10. The Hall–Kier alpha value is -2.89. The number of benzene rings is 2. The van der Waals surface area contributed by atoms with E-state index in [1.807, 2.05) is 38.1 Å². The number of methoxy groups -OCH3 is 2. The molecule has 2 aromatic rings. The van der Waals surface area contributed by atoms with Gasteiger partial charge in [0.1, 0.15) is 29.6 Å². The molecule has 0 saturated heterocycles. The summed E-state index contributed by atoms with van der Waals surface area (Å²) in [4.78, 5) is 12.0. The minimum absolute atomic E-state index is 0.106. The Balaban J connectivity index is 1.78. The van der Waals surface area contributed by atoms with Crippen LogP contribution in [0.2, 0.25) is 0 Å².